The molecule has 0 bridgehead atoms. The summed E-state index contributed by atoms with van der Waals surface area (Å²) in [5.74, 6) is -0.831. The lowest BCUT2D eigenvalue weighted by molar-refractivity contribution is -0.115. The molecule has 0 radical (unpaired) electrons. The third-order valence-electron chi connectivity index (χ3n) is 4.31. The number of nitrogens with one attached hydrogen (secondary N) is 1. The molecule has 1 heterocycles. The quantitative estimate of drug-likeness (QED) is 0.791. The minimum Gasteiger partial charge on any atom is -0.494 e. The molecule has 0 atom stereocenters. The molecule has 0 saturated carbocycles. The molecule has 1 aliphatic heterocycles. The summed E-state index contributed by atoms with van der Waals surface area (Å²) in [4.78, 5) is 12.4. The van der Waals surface area contributed by atoms with Gasteiger partial charge in [-0.15, -0.1) is 0 Å². The number of amides is 1. The lowest BCUT2D eigenvalue weighted by Gasteiger charge is -2.26. The van der Waals surface area contributed by atoms with Gasteiger partial charge in [0.15, 0.2) is 11.6 Å². The number of ether oxygens (including phenoxy) is 2. The molecule has 0 unspecified atom stereocenters. The topological polar surface area (TPSA) is 84.9 Å². The predicted molar refractivity (Wildman–Crippen MR) is 101 cm³/mol. The Labute approximate surface area is 163 Å². The van der Waals surface area contributed by atoms with Gasteiger partial charge in [0.2, 0.25) is 15.9 Å². The Morgan fingerprint density at radius 1 is 1.21 bits per heavy atom. The molecule has 1 aliphatic rings. The van der Waals surface area contributed by atoms with Crippen LogP contribution in [0.25, 0.3) is 0 Å². The molecule has 150 valence electrons. The number of hydrogen-bond donors (Lipinski definition) is 1. The maximum absolute atomic E-state index is 13.8. The van der Waals surface area contributed by atoms with Crippen LogP contribution in [0, 0.1) is 5.82 Å². The second kappa shape index (κ2) is 8.68. The first-order valence-corrected chi connectivity index (χ1v) is 10.1. The van der Waals surface area contributed by atoms with Crippen LogP contribution in [0.15, 0.2) is 47.4 Å². The number of nitrogens with zero attached hydrogens (tertiary/aromatic N) is 1. The van der Waals surface area contributed by atoms with E-state index in [1.165, 1.54) is 35.7 Å². The highest BCUT2D eigenvalue weighted by Crippen LogP contribution is 2.21. The van der Waals surface area contributed by atoms with Crippen LogP contribution in [0.2, 0.25) is 0 Å². The molecule has 0 aromatic heterocycles. The number of morpholine rings is 1. The van der Waals surface area contributed by atoms with Crippen molar-refractivity contribution in [3.05, 3.63) is 53.8 Å². The summed E-state index contributed by atoms with van der Waals surface area (Å²) in [5, 5.41) is 2.65. The van der Waals surface area contributed by atoms with E-state index >= 15 is 0 Å². The summed E-state index contributed by atoms with van der Waals surface area (Å²) in [6, 6.07) is 10.4. The van der Waals surface area contributed by atoms with Gasteiger partial charge in [-0.1, -0.05) is 12.1 Å². The molecular formula is C19H21FN2O5S. The Kier molecular flexibility index (Phi) is 6.28. The Morgan fingerprint density at radius 2 is 1.96 bits per heavy atom. The molecule has 2 aromatic rings. The van der Waals surface area contributed by atoms with E-state index in [0.29, 0.717) is 37.6 Å². The first kappa shape index (κ1) is 20.2. The zero-order chi connectivity index (χ0) is 20.1. The zero-order valence-electron chi connectivity index (χ0n) is 15.4. The van der Waals surface area contributed by atoms with Crippen LogP contribution in [0.5, 0.6) is 5.75 Å². The number of methoxy groups -OCH3 is 1. The van der Waals surface area contributed by atoms with Crippen molar-refractivity contribution in [2.45, 2.75) is 11.3 Å². The van der Waals surface area contributed by atoms with Crippen molar-refractivity contribution in [2.75, 3.05) is 38.7 Å². The molecule has 2 aromatic carbocycles. The van der Waals surface area contributed by atoms with Gasteiger partial charge in [0.1, 0.15) is 0 Å². The molecule has 28 heavy (non-hydrogen) atoms. The molecular weight excluding hydrogens is 387 g/mol. The van der Waals surface area contributed by atoms with Crippen molar-refractivity contribution in [3.63, 3.8) is 0 Å². The van der Waals surface area contributed by atoms with Gasteiger partial charge in [0.05, 0.1) is 31.6 Å². The van der Waals surface area contributed by atoms with Crippen LogP contribution >= 0.6 is 0 Å². The van der Waals surface area contributed by atoms with Crippen LogP contribution in [0.4, 0.5) is 10.1 Å². The number of halogens is 1. The minimum atomic E-state index is -3.65. The third kappa shape index (κ3) is 4.67. The van der Waals surface area contributed by atoms with Crippen LogP contribution in [-0.2, 0) is 26.0 Å². The van der Waals surface area contributed by atoms with Gasteiger partial charge in [-0.2, -0.15) is 4.31 Å². The van der Waals surface area contributed by atoms with Crippen molar-refractivity contribution in [1.29, 1.82) is 0 Å². The predicted octanol–water partition coefficient (Wildman–Crippen LogP) is 2.04. The number of hydrogen-bond acceptors (Lipinski definition) is 5. The lowest BCUT2D eigenvalue weighted by atomic mass is 10.1. The number of rotatable bonds is 6. The maximum Gasteiger partial charge on any atom is 0.243 e. The molecule has 7 nitrogen and oxygen atoms in total. The SMILES string of the molecule is COc1ccc(CC(=O)Nc2cccc(S(=O)(=O)N3CCOCC3)c2)cc1F. The average Bonchev–Trinajstić information content (AvgIpc) is 2.69. The number of sulfonamides is 1. The fourth-order valence-electron chi connectivity index (χ4n) is 2.88. The average molecular weight is 408 g/mol. The lowest BCUT2D eigenvalue weighted by Crippen LogP contribution is -2.40. The molecule has 9 heteroatoms. The van der Waals surface area contributed by atoms with Crippen LogP contribution in [0.3, 0.4) is 0 Å². The molecule has 1 saturated heterocycles. The van der Waals surface area contributed by atoms with Crippen molar-refractivity contribution in [3.8, 4) is 5.75 Å². The van der Waals surface area contributed by atoms with Crippen LogP contribution < -0.4 is 10.1 Å². The Hall–Kier alpha value is -2.49. The van der Waals surface area contributed by atoms with E-state index in [2.05, 4.69) is 5.32 Å². The normalized spacial score (nSPS) is 15.2. The Balaban J connectivity index is 1.70. The maximum atomic E-state index is 13.8. The molecule has 1 fully saturated rings. The van der Waals surface area contributed by atoms with Gasteiger partial charge in [0, 0.05) is 18.8 Å². The highest BCUT2D eigenvalue weighted by molar-refractivity contribution is 7.89. The van der Waals surface area contributed by atoms with Crippen molar-refractivity contribution >= 4 is 21.6 Å². The minimum absolute atomic E-state index is 0.0542. The molecule has 1 amide bonds. The van der Waals surface area contributed by atoms with Gasteiger partial charge in [-0.25, -0.2) is 12.8 Å². The summed E-state index contributed by atoms with van der Waals surface area (Å²) < 4.78 is 50.6. The number of carbonyl (C=O) groups excluding carboxylic acids is 1. The van der Waals surface area contributed by atoms with E-state index in [9.17, 15) is 17.6 Å². The molecule has 3 rings (SSSR count). The second-order valence-electron chi connectivity index (χ2n) is 6.24. The monoisotopic (exact) mass is 408 g/mol. The first-order valence-electron chi connectivity index (χ1n) is 8.70. The van der Waals surface area contributed by atoms with Crippen molar-refractivity contribution < 1.29 is 27.1 Å². The van der Waals surface area contributed by atoms with E-state index in [0.717, 1.165) is 0 Å². The number of anilines is 1. The fourth-order valence-corrected chi connectivity index (χ4v) is 4.34. The van der Waals surface area contributed by atoms with E-state index in [1.54, 1.807) is 18.2 Å². The van der Waals surface area contributed by atoms with E-state index in [-0.39, 0.29) is 23.0 Å². The van der Waals surface area contributed by atoms with Crippen LogP contribution in [-0.4, -0.2) is 52.0 Å². The molecule has 1 N–H and O–H groups in total. The van der Waals surface area contributed by atoms with Crippen LogP contribution in [0.1, 0.15) is 5.56 Å². The summed E-state index contributed by atoms with van der Waals surface area (Å²) in [6.45, 7) is 1.30. The second-order valence-corrected chi connectivity index (χ2v) is 8.18. The van der Waals surface area contributed by atoms with Gasteiger partial charge < -0.3 is 14.8 Å². The largest absolute Gasteiger partial charge is 0.494 e. The Morgan fingerprint density at radius 3 is 2.64 bits per heavy atom. The Bertz CT molecular complexity index is 959. The number of carbonyl (C=O) groups is 1. The van der Waals surface area contributed by atoms with E-state index in [4.69, 9.17) is 9.47 Å². The third-order valence-corrected chi connectivity index (χ3v) is 6.20. The van der Waals surface area contributed by atoms with Gasteiger partial charge in [-0.05, 0) is 35.9 Å². The van der Waals surface area contributed by atoms with Crippen molar-refractivity contribution in [2.24, 2.45) is 0 Å². The fraction of sp³-hybridized carbons (Fsp3) is 0.316. The standard InChI is InChI=1S/C19H21FN2O5S/c1-26-18-6-5-14(11-17(18)20)12-19(23)21-15-3-2-4-16(13-15)28(24,25)22-7-9-27-10-8-22/h2-6,11,13H,7-10,12H2,1H3,(H,21,23). The summed E-state index contributed by atoms with van der Waals surface area (Å²) in [5.41, 5.74) is 0.834. The highest BCUT2D eigenvalue weighted by Gasteiger charge is 2.26. The highest BCUT2D eigenvalue weighted by atomic mass is 32.2. The zero-order valence-corrected chi connectivity index (χ0v) is 16.2. The van der Waals surface area contributed by atoms with Crippen molar-refractivity contribution in [1.82, 2.24) is 4.31 Å². The first-order chi connectivity index (χ1) is 13.4. The van der Waals surface area contributed by atoms with Gasteiger partial charge in [-0.3, -0.25) is 4.79 Å². The van der Waals surface area contributed by atoms with Gasteiger partial charge in [0.25, 0.3) is 0 Å². The molecule has 0 spiro atoms. The molecule has 0 aliphatic carbocycles. The summed E-state index contributed by atoms with van der Waals surface area (Å²) >= 11 is 0. The summed E-state index contributed by atoms with van der Waals surface area (Å²) in [7, 11) is -2.29. The van der Waals surface area contributed by atoms with E-state index < -0.39 is 15.8 Å². The summed E-state index contributed by atoms with van der Waals surface area (Å²) in [6.07, 6.45) is -0.0542. The van der Waals surface area contributed by atoms with Gasteiger partial charge >= 0.3 is 0 Å². The smallest absolute Gasteiger partial charge is 0.243 e. The van der Waals surface area contributed by atoms with E-state index in [1.807, 2.05) is 0 Å². The number of benzene rings is 2.